The Labute approximate surface area is 90.0 Å². The lowest BCUT2D eigenvalue weighted by molar-refractivity contribution is 0.0996. The van der Waals surface area contributed by atoms with E-state index in [2.05, 4.69) is 10.5 Å². The minimum atomic E-state index is -0.421. The molecule has 0 aliphatic rings. The maximum absolute atomic E-state index is 11.5. The molecule has 5 nitrogen and oxygen atoms in total. The predicted molar refractivity (Wildman–Crippen MR) is 52.9 cm³/mol. The molecule has 0 saturated carbocycles. The second kappa shape index (κ2) is 3.78. The van der Waals surface area contributed by atoms with Crippen molar-refractivity contribution in [3.8, 4) is 0 Å². The first kappa shape index (κ1) is 9.79. The highest BCUT2D eigenvalue weighted by atomic mass is 35.5. The number of carbonyl (C=O) groups is 1. The molecule has 15 heavy (non-hydrogen) atoms. The van der Waals surface area contributed by atoms with Gasteiger partial charge in [-0.15, -0.1) is 0 Å². The first-order valence-corrected chi connectivity index (χ1v) is 4.53. The Bertz CT molecular complexity index is 489. The highest BCUT2D eigenvalue weighted by Crippen LogP contribution is 2.15. The molecule has 1 N–H and O–H groups in total. The van der Waals surface area contributed by atoms with Crippen LogP contribution in [0.3, 0.4) is 0 Å². The Morgan fingerprint density at radius 1 is 1.53 bits per heavy atom. The number of aryl methyl sites for hydroxylation is 1. The van der Waals surface area contributed by atoms with Gasteiger partial charge in [0.05, 0.1) is 0 Å². The summed E-state index contributed by atoms with van der Waals surface area (Å²) in [5, 5.41) is 6.27. The molecule has 0 saturated heterocycles. The van der Waals surface area contributed by atoms with Gasteiger partial charge < -0.3 is 14.3 Å². The highest BCUT2D eigenvalue weighted by molar-refractivity contribution is 6.29. The molecule has 78 valence electrons. The molecule has 0 unspecified atom stereocenters. The van der Waals surface area contributed by atoms with E-state index < -0.39 is 5.91 Å². The van der Waals surface area contributed by atoms with Crippen LogP contribution >= 0.6 is 11.6 Å². The molecule has 0 aliphatic carbocycles. The van der Waals surface area contributed by atoms with E-state index in [1.165, 1.54) is 12.1 Å². The molecular formula is C9H7ClN2O3. The van der Waals surface area contributed by atoms with E-state index in [4.69, 9.17) is 20.5 Å². The zero-order valence-electron chi connectivity index (χ0n) is 7.78. The van der Waals surface area contributed by atoms with Gasteiger partial charge in [-0.25, -0.2) is 0 Å². The molecule has 0 bridgehead atoms. The van der Waals surface area contributed by atoms with Crippen LogP contribution in [0.5, 0.6) is 0 Å². The van der Waals surface area contributed by atoms with Crippen LogP contribution in [0.15, 0.2) is 27.1 Å². The molecule has 1 amide bonds. The summed E-state index contributed by atoms with van der Waals surface area (Å²) in [7, 11) is 0. The average Bonchev–Trinajstić information content (AvgIpc) is 2.75. The Hall–Kier alpha value is -1.75. The zero-order chi connectivity index (χ0) is 10.8. The molecule has 2 heterocycles. The third kappa shape index (κ3) is 2.19. The predicted octanol–water partition coefficient (Wildman–Crippen LogP) is 2.48. The van der Waals surface area contributed by atoms with Crippen LogP contribution in [0.25, 0.3) is 0 Å². The molecule has 2 aromatic heterocycles. The van der Waals surface area contributed by atoms with Gasteiger partial charge >= 0.3 is 0 Å². The molecular weight excluding hydrogens is 220 g/mol. The van der Waals surface area contributed by atoms with Gasteiger partial charge in [0.2, 0.25) is 0 Å². The third-order valence-corrected chi connectivity index (χ3v) is 1.87. The van der Waals surface area contributed by atoms with Gasteiger partial charge in [-0.05, 0) is 30.7 Å². The fraction of sp³-hybridized carbons (Fsp3) is 0.111. The summed E-state index contributed by atoms with van der Waals surface area (Å²) in [6.07, 6.45) is 0. The monoisotopic (exact) mass is 226 g/mol. The van der Waals surface area contributed by atoms with Gasteiger partial charge in [0.15, 0.2) is 16.8 Å². The molecule has 0 spiro atoms. The number of carbonyl (C=O) groups excluding carboxylic acids is 1. The van der Waals surface area contributed by atoms with Crippen LogP contribution in [0.4, 0.5) is 5.82 Å². The van der Waals surface area contributed by atoms with Gasteiger partial charge in [0, 0.05) is 6.07 Å². The summed E-state index contributed by atoms with van der Waals surface area (Å²) in [5.74, 6) is 0.656. The van der Waals surface area contributed by atoms with Crippen molar-refractivity contribution in [2.75, 3.05) is 5.32 Å². The number of halogens is 1. The Kier molecular flexibility index (Phi) is 2.47. The first-order chi connectivity index (χ1) is 7.15. The van der Waals surface area contributed by atoms with E-state index in [1.807, 2.05) is 0 Å². The summed E-state index contributed by atoms with van der Waals surface area (Å²) >= 11 is 5.53. The van der Waals surface area contributed by atoms with Crippen molar-refractivity contribution >= 4 is 23.3 Å². The van der Waals surface area contributed by atoms with Gasteiger partial charge in [-0.3, -0.25) is 4.79 Å². The van der Waals surface area contributed by atoms with Crippen LogP contribution < -0.4 is 5.32 Å². The number of amides is 1. The van der Waals surface area contributed by atoms with Crippen molar-refractivity contribution in [2.24, 2.45) is 0 Å². The van der Waals surface area contributed by atoms with Crippen LogP contribution in [0, 0.1) is 6.92 Å². The zero-order valence-corrected chi connectivity index (χ0v) is 8.54. The van der Waals surface area contributed by atoms with E-state index in [9.17, 15) is 4.79 Å². The average molecular weight is 227 g/mol. The third-order valence-electron chi connectivity index (χ3n) is 1.67. The smallest absolute Gasteiger partial charge is 0.292 e. The van der Waals surface area contributed by atoms with E-state index in [1.54, 1.807) is 13.0 Å². The minimum Gasteiger partial charge on any atom is -0.440 e. The van der Waals surface area contributed by atoms with Crippen molar-refractivity contribution in [3.63, 3.8) is 0 Å². The van der Waals surface area contributed by atoms with E-state index >= 15 is 0 Å². The number of hydrogen-bond acceptors (Lipinski definition) is 4. The summed E-state index contributed by atoms with van der Waals surface area (Å²) < 4.78 is 9.70. The maximum Gasteiger partial charge on any atom is 0.292 e. The summed E-state index contributed by atoms with van der Waals surface area (Å²) in [6.45, 7) is 1.73. The molecule has 0 fully saturated rings. The van der Waals surface area contributed by atoms with Crippen molar-refractivity contribution in [2.45, 2.75) is 6.92 Å². The Balaban J connectivity index is 2.10. The van der Waals surface area contributed by atoms with Gasteiger partial charge in [0.1, 0.15) is 5.76 Å². The molecule has 0 atom stereocenters. The highest BCUT2D eigenvalue weighted by Gasteiger charge is 2.12. The number of nitrogens with one attached hydrogen (secondary N) is 1. The maximum atomic E-state index is 11.5. The van der Waals surface area contributed by atoms with Crippen molar-refractivity contribution < 1.29 is 13.7 Å². The Morgan fingerprint density at radius 3 is 2.87 bits per heavy atom. The summed E-state index contributed by atoms with van der Waals surface area (Å²) in [6, 6.07) is 4.57. The number of aromatic nitrogens is 1. The van der Waals surface area contributed by atoms with Crippen molar-refractivity contribution in [1.82, 2.24) is 5.16 Å². The Morgan fingerprint density at radius 2 is 2.33 bits per heavy atom. The van der Waals surface area contributed by atoms with Crippen LogP contribution in [-0.2, 0) is 0 Å². The van der Waals surface area contributed by atoms with Crippen molar-refractivity contribution in [3.05, 3.63) is 34.9 Å². The number of hydrogen-bond donors (Lipinski definition) is 1. The molecule has 2 rings (SSSR count). The number of anilines is 1. The topological polar surface area (TPSA) is 68.3 Å². The number of rotatable bonds is 2. The van der Waals surface area contributed by atoms with Gasteiger partial charge in [0.25, 0.3) is 5.91 Å². The van der Waals surface area contributed by atoms with Gasteiger partial charge in [-0.1, -0.05) is 5.16 Å². The van der Waals surface area contributed by atoms with Crippen LogP contribution in [0.1, 0.15) is 16.3 Å². The second-order valence-corrected chi connectivity index (χ2v) is 3.25. The molecule has 6 heteroatoms. The van der Waals surface area contributed by atoms with Crippen LogP contribution in [-0.4, -0.2) is 11.1 Å². The molecule has 0 aliphatic heterocycles. The first-order valence-electron chi connectivity index (χ1n) is 4.15. The number of furan rings is 1. The van der Waals surface area contributed by atoms with Crippen molar-refractivity contribution in [1.29, 1.82) is 0 Å². The largest absolute Gasteiger partial charge is 0.440 e. The summed E-state index contributed by atoms with van der Waals surface area (Å²) in [5.41, 5.74) is 0. The fourth-order valence-corrected chi connectivity index (χ4v) is 1.19. The van der Waals surface area contributed by atoms with Gasteiger partial charge in [-0.2, -0.15) is 0 Å². The van der Waals surface area contributed by atoms with Crippen LogP contribution in [0.2, 0.25) is 5.22 Å². The lowest BCUT2D eigenvalue weighted by atomic mass is 10.4. The lowest BCUT2D eigenvalue weighted by Gasteiger charge is -1.95. The standard InChI is InChI=1S/C9H7ClN2O3/c1-5-4-8(12-15-5)11-9(13)6-2-3-7(10)14-6/h2-4H,1H3,(H,11,12,13). The molecule has 0 aromatic carbocycles. The number of nitrogens with zero attached hydrogens (tertiary/aromatic N) is 1. The van der Waals surface area contributed by atoms with E-state index in [0.29, 0.717) is 11.6 Å². The molecule has 0 radical (unpaired) electrons. The fourth-order valence-electron chi connectivity index (χ4n) is 1.04. The molecule has 2 aromatic rings. The summed E-state index contributed by atoms with van der Waals surface area (Å²) in [4.78, 5) is 11.5. The second-order valence-electron chi connectivity index (χ2n) is 2.88. The van der Waals surface area contributed by atoms with E-state index in [-0.39, 0.29) is 11.0 Å². The lowest BCUT2D eigenvalue weighted by Crippen LogP contribution is -2.10. The quantitative estimate of drug-likeness (QED) is 0.854. The SMILES string of the molecule is Cc1cc(NC(=O)c2ccc(Cl)o2)no1. The normalized spacial score (nSPS) is 10.3. The van der Waals surface area contributed by atoms with E-state index in [0.717, 1.165) is 0 Å². The minimum absolute atomic E-state index is 0.126.